The highest BCUT2D eigenvalue weighted by Gasteiger charge is 2.11. The predicted molar refractivity (Wildman–Crippen MR) is 92.2 cm³/mol. The maximum atomic E-state index is 12.0. The van der Waals surface area contributed by atoms with Crippen LogP contribution in [0.15, 0.2) is 47.1 Å². The standard InChI is InChI=1S/C18H18N4O3/c1-12-9-10-19-15(11-12)20-16(23)7-8-17-21-18(22-25-17)13-3-5-14(24-2)6-4-13/h3-6,9-11H,7-8H2,1-2H3,(H,19,20,23). The molecular formula is C18H18N4O3. The summed E-state index contributed by atoms with van der Waals surface area (Å²) in [6, 6.07) is 11.0. The molecule has 0 aliphatic carbocycles. The van der Waals surface area contributed by atoms with E-state index in [4.69, 9.17) is 9.26 Å². The van der Waals surface area contributed by atoms with Gasteiger partial charge in [-0.15, -0.1) is 0 Å². The number of nitrogens with zero attached hydrogens (tertiary/aromatic N) is 3. The normalized spacial score (nSPS) is 10.5. The second-order valence-electron chi connectivity index (χ2n) is 5.51. The number of pyridine rings is 1. The molecule has 1 N–H and O–H groups in total. The van der Waals surface area contributed by atoms with Crippen LogP contribution < -0.4 is 10.1 Å². The van der Waals surface area contributed by atoms with Crippen molar-refractivity contribution < 1.29 is 14.1 Å². The van der Waals surface area contributed by atoms with Crippen molar-refractivity contribution in [2.24, 2.45) is 0 Å². The maximum Gasteiger partial charge on any atom is 0.227 e. The number of aryl methyl sites for hydroxylation is 2. The monoisotopic (exact) mass is 338 g/mol. The Morgan fingerprint density at radius 1 is 1.24 bits per heavy atom. The largest absolute Gasteiger partial charge is 0.497 e. The molecule has 0 aliphatic heterocycles. The number of carbonyl (C=O) groups excluding carboxylic acids is 1. The summed E-state index contributed by atoms with van der Waals surface area (Å²) in [6.07, 6.45) is 2.25. The van der Waals surface area contributed by atoms with Crippen LogP contribution >= 0.6 is 0 Å². The van der Waals surface area contributed by atoms with Gasteiger partial charge in [-0.2, -0.15) is 4.98 Å². The number of carbonyl (C=O) groups is 1. The minimum atomic E-state index is -0.151. The summed E-state index contributed by atoms with van der Waals surface area (Å²) in [5.41, 5.74) is 1.86. The average Bonchev–Trinajstić information content (AvgIpc) is 3.09. The van der Waals surface area contributed by atoms with E-state index in [-0.39, 0.29) is 12.3 Å². The lowest BCUT2D eigenvalue weighted by Crippen LogP contribution is -2.13. The van der Waals surface area contributed by atoms with E-state index in [1.54, 1.807) is 13.3 Å². The van der Waals surface area contributed by atoms with E-state index >= 15 is 0 Å². The molecule has 3 aromatic rings. The number of rotatable bonds is 6. The van der Waals surface area contributed by atoms with Crippen LogP contribution in [0.3, 0.4) is 0 Å². The number of hydrogen-bond acceptors (Lipinski definition) is 6. The molecule has 0 fully saturated rings. The van der Waals surface area contributed by atoms with Gasteiger partial charge >= 0.3 is 0 Å². The summed E-state index contributed by atoms with van der Waals surface area (Å²) in [5, 5.41) is 6.69. The number of ether oxygens (including phenoxy) is 1. The molecule has 0 aliphatic rings. The van der Waals surface area contributed by atoms with Gasteiger partial charge in [0.25, 0.3) is 0 Å². The zero-order valence-electron chi connectivity index (χ0n) is 14.0. The van der Waals surface area contributed by atoms with Gasteiger partial charge < -0.3 is 14.6 Å². The molecule has 0 atom stereocenters. The molecule has 2 aromatic heterocycles. The van der Waals surface area contributed by atoms with Crippen LogP contribution in [-0.4, -0.2) is 28.1 Å². The van der Waals surface area contributed by atoms with Gasteiger partial charge in [0.2, 0.25) is 17.6 Å². The summed E-state index contributed by atoms with van der Waals surface area (Å²) in [7, 11) is 1.61. The van der Waals surface area contributed by atoms with Crippen LogP contribution in [-0.2, 0) is 11.2 Å². The average molecular weight is 338 g/mol. The van der Waals surface area contributed by atoms with E-state index in [0.717, 1.165) is 16.9 Å². The molecule has 7 nitrogen and oxygen atoms in total. The van der Waals surface area contributed by atoms with Crippen molar-refractivity contribution in [1.29, 1.82) is 0 Å². The van der Waals surface area contributed by atoms with Gasteiger partial charge in [-0.3, -0.25) is 4.79 Å². The van der Waals surface area contributed by atoms with E-state index in [0.29, 0.717) is 24.0 Å². The first-order valence-corrected chi connectivity index (χ1v) is 7.83. The third-order valence-corrected chi connectivity index (χ3v) is 3.57. The van der Waals surface area contributed by atoms with Crippen LogP contribution in [0.25, 0.3) is 11.4 Å². The Labute approximate surface area is 145 Å². The Balaban J connectivity index is 1.56. The lowest BCUT2D eigenvalue weighted by atomic mass is 10.2. The zero-order chi connectivity index (χ0) is 17.6. The highest BCUT2D eigenvalue weighted by atomic mass is 16.5. The number of anilines is 1. The fourth-order valence-corrected chi connectivity index (χ4v) is 2.24. The minimum absolute atomic E-state index is 0.151. The van der Waals surface area contributed by atoms with Crippen molar-refractivity contribution in [2.75, 3.05) is 12.4 Å². The fourth-order valence-electron chi connectivity index (χ4n) is 2.24. The predicted octanol–water partition coefficient (Wildman–Crippen LogP) is 3.02. The smallest absolute Gasteiger partial charge is 0.227 e. The van der Waals surface area contributed by atoms with Crippen molar-refractivity contribution >= 4 is 11.7 Å². The molecule has 0 unspecified atom stereocenters. The zero-order valence-corrected chi connectivity index (χ0v) is 14.0. The Morgan fingerprint density at radius 3 is 2.76 bits per heavy atom. The molecule has 3 rings (SSSR count). The first kappa shape index (κ1) is 16.6. The molecule has 0 saturated heterocycles. The first-order valence-electron chi connectivity index (χ1n) is 7.83. The number of nitrogens with one attached hydrogen (secondary N) is 1. The quantitative estimate of drug-likeness (QED) is 0.743. The highest BCUT2D eigenvalue weighted by molar-refractivity contribution is 5.89. The Bertz CT molecular complexity index is 859. The van der Waals surface area contributed by atoms with Gasteiger partial charge in [-0.1, -0.05) is 5.16 Å². The Hall–Kier alpha value is -3.22. The summed E-state index contributed by atoms with van der Waals surface area (Å²) < 4.78 is 10.3. The SMILES string of the molecule is COc1ccc(-c2noc(CCC(=O)Nc3cc(C)ccn3)n2)cc1. The van der Waals surface area contributed by atoms with E-state index in [2.05, 4.69) is 20.4 Å². The fraction of sp³-hybridized carbons (Fsp3) is 0.222. The van der Waals surface area contributed by atoms with E-state index in [1.807, 2.05) is 43.3 Å². The molecule has 0 radical (unpaired) electrons. The molecule has 1 amide bonds. The highest BCUT2D eigenvalue weighted by Crippen LogP contribution is 2.20. The van der Waals surface area contributed by atoms with Crippen LogP contribution in [0, 0.1) is 6.92 Å². The van der Waals surface area contributed by atoms with Gasteiger partial charge in [0.15, 0.2) is 0 Å². The first-order chi connectivity index (χ1) is 12.1. The van der Waals surface area contributed by atoms with Gasteiger partial charge in [0, 0.05) is 24.6 Å². The van der Waals surface area contributed by atoms with Gasteiger partial charge in [0.05, 0.1) is 7.11 Å². The molecule has 1 aromatic carbocycles. The molecular weight excluding hydrogens is 320 g/mol. The molecule has 0 saturated carbocycles. The van der Waals surface area contributed by atoms with Gasteiger partial charge in [0.1, 0.15) is 11.6 Å². The number of benzene rings is 1. The summed E-state index contributed by atoms with van der Waals surface area (Å²) in [6.45, 7) is 1.94. The molecule has 7 heteroatoms. The van der Waals surface area contributed by atoms with Crippen molar-refractivity contribution in [3.05, 3.63) is 54.0 Å². The third-order valence-electron chi connectivity index (χ3n) is 3.57. The summed E-state index contributed by atoms with van der Waals surface area (Å²) >= 11 is 0. The lowest BCUT2D eigenvalue weighted by Gasteiger charge is -2.03. The van der Waals surface area contributed by atoms with Crippen molar-refractivity contribution in [3.63, 3.8) is 0 Å². The van der Waals surface area contributed by atoms with Crippen molar-refractivity contribution in [3.8, 4) is 17.1 Å². The summed E-state index contributed by atoms with van der Waals surface area (Å²) in [5.74, 6) is 2.04. The molecule has 0 bridgehead atoms. The van der Waals surface area contributed by atoms with Crippen molar-refractivity contribution in [2.45, 2.75) is 19.8 Å². The summed E-state index contributed by atoms with van der Waals surface area (Å²) in [4.78, 5) is 20.4. The maximum absolute atomic E-state index is 12.0. The Morgan fingerprint density at radius 2 is 2.04 bits per heavy atom. The number of hydrogen-bond donors (Lipinski definition) is 1. The third kappa shape index (κ3) is 4.41. The second-order valence-corrected chi connectivity index (χ2v) is 5.51. The number of aromatic nitrogens is 3. The lowest BCUT2D eigenvalue weighted by molar-refractivity contribution is -0.116. The van der Waals surface area contributed by atoms with E-state index in [9.17, 15) is 4.79 Å². The molecule has 25 heavy (non-hydrogen) atoms. The molecule has 2 heterocycles. The van der Waals surface area contributed by atoms with Crippen LogP contribution in [0.1, 0.15) is 17.9 Å². The van der Waals surface area contributed by atoms with E-state index < -0.39 is 0 Å². The number of methoxy groups -OCH3 is 1. The van der Waals surface area contributed by atoms with Crippen LogP contribution in [0.4, 0.5) is 5.82 Å². The van der Waals surface area contributed by atoms with Crippen LogP contribution in [0.5, 0.6) is 5.75 Å². The van der Waals surface area contributed by atoms with Gasteiger partial charge in [-0.05, 0) is 48.9 Å². The van der Waals surface area contributed by atoms with Crippen molar-refractivity contribution in [1.82, 2.24) is 15.1 Å². The topological polar surface area (TPSA) is 90.1 Å². The molecule has 0 spiro atoms. The number of amides is 1. The van der Waals surface area contributed by atoms with Gasteiger partial charge in [-0.25, -0.2) is 4.98 Å². The minimum Gasteiger partial charge on any atom is -0.497 e. The van der Waals surface area contributed by atoms with E-state index in [1.165, 1.54) is 0 Å². The Kier molecular flexibility index (Phi) is 5.03. The van der Waals surface area contributed by atoms with Crippen LogP contribution in [0.2, 0.25) is 0 Å². The second kappa shape index (κ2) is 7.57. The molecule has 128 valence electrons.